The Morgan fingerprint density at radius 2 is 2.00 bits per heavy atom. The van der Waals surface area contributed by atoms with E-state index in [1.807, 2.05) is 0 Å². The molecule has 0 unspecified atom stereocenters. The van der Waals surface area contributed by atoms with E-state index in [0.717, 1.165) is 12.1 Å². The average Bonchev–Trinajstić information content (AvgIpc) is 2.46. The van der Waals surface area contributed by atoms with E-state index >= 15 is 0 Å². The highest BCUT2D eigenvalue weighted by Crippen LogP contribution is 2.22. The first kappa shape index (κ1) is 15.0. The molecule has 0 radical (unpaired) electrons. The van der Waals surface area contributed by atoms with Crippen LogP contribution in [0.4, 0.5) is 4.39 Å². The second-order valence-corrected chi connectivity index (χ2v) is 6.39. The Morgan fingerprint density at radius 3 is 2.67 bits per heavy atom. The Labute approximate surface area is 122 Å². The summed E-state index contributed by atoms with van der Waals surface area (Å²) in [6.45, 7) is 0. The van der Waals surface area contributed by atoms with Crippen molar-refractivity contribution >= 4 is 9.84 Å². The summed E-state index contributed by atoms with van der Waals surface area (Å²) in [5.74, 6) is -0.593. The topological polar surface area (TPSA) is 67.2 Å². The summed E-state index contributed by atoms with van der Waals surface area (Å²) in [6.07, 6.45) is 0. The van der Waals surface area contributed by atoms with E-state index < -0.39 is 15.7 Å². The monoisotopic (exact) mass is 305 g/mol. The summed E-state index contributed by atoms with van der Waals surface area (Å²) in [5, 5.41) is 8.79. The number of nitriles is 1. The van der Waals surface area contributed by atoms with Crippen LogP contribution < -0.4 is 4.74 Å². The summed E-state index contributed by atoms with van der Waals surface area (Å²) in [4.78, 5) is 0.0876. The first-order valence-corrected chi connectivity index (χ1v) is 7.66. The van der Waals surface area contributed by atoms with Crippen LogP contribution in [0.15, 0.2) is 47.4 Å². The van der Waals surface area contributed by atoms with Gasteiger partial charge in [-0.15, -0.1) is 0 Å². The minimum Gasteiger partial charge on any atom is -0.497 e. The molecule has 0 fully saturated rings. The Bertz CT molecular complexity index is 810. The number of sulfone groups is 1. The normalized spacial score (nSPS) is 10.9. The molecule has 2 aromatic rings. The van der Waals surface area contributed by atoms with Crippen LogP contribution in [0.1, 0.15) is 11.1 Å². The second-order valence-electron chi connectivity index (χ2n) is 4.40. The van der Waals surface area contributed by atoms with E-state index in [1.165, 1.54) is 25.3 Å². The second kappa shape index (κ2) is 5.94. The van der Waals surface area contributed by atoms with Gasteiger partial charge in [-0.05, 0) is 42.0 Å². The average molecular weight is 305 g/mol. The van der Waals surface area contributed by atoms with Gasteiger partial charge in [0, 0.05) is 0 Å². The predicted molar refractivity (Wildman–Crippen MR) is 75.0 cm³/mol. The van der Waals surface area contributed by atoms with Crippen LogP contribution in [0.5, 0.6) is 5.75 Å². The lowest BCUT2D eigenvalue weighted by atomic mass is 10.1. The van der Waals surface area contributed by atoms with E-state index in [4.69, 9.17) is 10.00 Å². The predicted octanol–water partition coefficient (Wildman–Crippen LogP) is 2.68. The number of nitrogens with zero attached hydrogens (tertiary/aromatic N) is 1. The highest BCUT2D eigenvalue weighted by atomic mass is 32.2. The third-order valence-electron chi connectivity index (χ3n) is 2.84. The van der Waals surface area contributed by atoms with E-state index in [1.54, 1.807) is 18.2 Å². The van der Waals surface area contributed by atoms with Crippen molar-refractivity contribution < 1.29 is 17.5 Å². The van der Waals surface area contributed by atoms with Gasteiger partial charge in [-0.25, -0.2) is 12.8 Å². The molecule has 6 heteroatoms. The van der Waals surface area contributed by atoms with Gasteiger partial charge in [0.05, 0.1) is 29.4 Å². The number of methoxy groups -OCH3 is 1. The van der Waals surface area contributed by atoms with Crippen molar-refractivity contribution in [3.63, 3.8) is 0 Å². The summed E-state index contributed by atoms with van der Waals surface area (Å²) in [7, 11) is -2.20. The third kappa shape index (κ3) is 3.58. The number of hydrogen-bond donors (Lipinski definition) is 0. The maximum Gasteiger partial charge on any atom is 0.182 e. The summed E-state index contributed by atoms with van der Waals surface area (Å²) in [6, 6.07) is 11.4. The molecule has 0 aliphatic rings. The fourth-order valence-corrected chi connectivity index (χ4v) is 3.25. The Hall–Kier alpha value is -2.39. The zero-order valence-electron chi connectivity index (χ0n) is 11.2. The highest BCUT2D eigenvalue weighted by molar-refractivity contribution is 7.90. The lowest BCUT2D eigenvalue weighted by Gasteiger charge is -2.07. The number of halogens is 1. The molecule has 2 rings (SSSR count). The lowest BCUT2D eigenvalue weighted by molar-refractivity contribution is 0.413. The summed E-state index contributed by atoms with van der Waals surface area (Å²) in [5.41, 5.74) is 0.320. The molecule has 108 valence electrons. The number of benzene rings is 2. The SMILES string of the molecule is COc1cccc(S(=O)(=O)Cc2cc(F)cc(C#N)c2)c1. The molecule has 4 nitrogen and oxygen atoms in total. The molecule has 21 heavy (non-hydrogen) atoms. The maximum atomic E-state index is 13.3. The van der Waals surface area contributed by atoms with Crippen molar-refractivity contribution in [2.24, 2.45) is 0 Å². The van der Waals surface area contributed by atoms with Crippen molar-refractivity contribution in [1.29, 1.82) is 5.26 Å². The fourth-order valence-electron chi connectivity index (χ4n) is 1.90. The van der Waals surface area contributed by atoms with Crippen LogP contribution in [0.2, 0.25) is 0 Å². The van der Waals surface area contributed by atoms with Gasteiger partial charge in [0.25, 0.3) is 0 Å². The smallest absolute Gasteiger partial charge is 0.182 e. The van der Waals surface area contributed by atoms with Crippen LogP contribution in [-0.2, 0) is 15.6 Å². The van der Waals surface area contributed by atoms with Crippen LogP contribution in [-0.4, -0.2) is 15.5 Å². The minimum atomic E-state index is -3.64. The number of ether oxygens (including phenoxy) is 1. The molecule has 0 heterocycles. The summed E-state index contributed by atoms with van der Waals surface area (Å²) < 4.78 is 43.0. The molecule has 0 aliphatic carbocycles. The molecule has 0 atom stereocenters. The van der Waals surface area contributed by atoms with Gasteiger partial charge in [0.2, 0.25) is 0 Å². The molecule has 0 aromatic heterocycles. The first-order chi connectivity index (χ1) is 9.94. The van der Waals surface area contributed by atoms with Crippen LogP contribution in [0, 0.1) is 17.1 Å². The number of hydrogen-bond acceptors (Lipinski definition) is 4. The standard InChI is InChI=1S/C15H12FNO3S/c1-20-14-3-2-4-15(8-14)21(18,19)10-12-5-11(9-17)6-13(16)7-12/h2-8H,10H2,1H3. The zero-order valence-corrected chi connectivity index (χ0v) is 12.0. The zero-order chi connectivity index (χ0) is 15.5. The maximum absolute atomic E-state index is 13.3. The van der Waals surface area contributed by atoms with Crippen molar-refractivity contribution in [3.8, 4) is 11.8 Å². The molecular weight excluding hydrogens is 293 g/mol. The van der Waals surface area contributed by atoms with Gasteiger partial charge >= 0.3 is 0 Å². The Morgan fingerprint density at radius 1 is 1.24 bits per heavy atom. The molecule has 0 N–H and O–H groups in total. The van der Waals surface area contributed by atoms with Crippen molar-refractivity contribution in [1.82, 2.24) is 0 Å². The molecule has 2 aromatic carbocycles. The van der Waals surface area contributed by atoms with Gasteiger partial charge in [-0.1, -0.05) is 6.07 Å². The third-order valence-corrected chi connectivity index (χ3v) is 4.53. The van der Waals surface area contributed by atoms with Crippen LogP contribution in [0.25, 0.3) is 0 Å². The molecule has 0 saturated heterocycles. The highest BCUT2D eigenvalue weighted by Gasteiger charge is 2.17. The largest absolute Gasteiger partial charge is 0.497 e. The van der Waals surface area contributed by atoms with E-state index in [2.05, 4.69) is 0 Å². The van der Waals surface area contributed by atoms with Crippen molar-refractivity contribution in [3.05, 3.63) is 59.4 Å². The van der Waals surface area contributed by atoms with Gasteiger partial charge in [-0.3, -0.25) is 0 Å². The van der Waals surface area contributed by atoms with Crippen molar-refractivity contribution in [2.45, 2.75) is 10.6 Å². The molecule has 0 spiro atoms. The summed E-state index contributed by atoms with van der Waals surface area (Å²) >= 11 is 0. The van der Waals surface area contributed by atoms with Crippen LogP contribution >= 0.6 is 0 Å². The quantitative estimate of drug-likeness (QED) is 0.871. The molecule has 0 saturated carbocycles. The molecule has 0 bridgehead atoms. The Balaban J connectivity index is 2.37. The molecule has 0 aliphatic heterocycles. The minimum absolute atomic E-state index is 0.0876. The van der Waals surface area contributed by atoms with E-state index in [9.17, 15) is 12.8 Å². The Kier molecular flexibility index (Phi) is 4.24. The first-order valence-electron chi connectivity index (χ1n) is 6.01. The molecule has 0 amide bonds. The van der Waals surface area contributed by atoms with Gasteiger partial charge in [0.1, 0.15) is 11.6 Å². The van der Waals surface area contributed by atoms with Gasteiger partial charge in [-0.2, -0.15) is 5.26 Å². The van der Waals surface area contributed by atoms with Gasteiger partial charge < -0.3 is 4.74 Å². The molecular formula is C15H12FNO3S. The van der Waals surface area contributed by atoms with E-state index in [0.29, 0.717) is 5.75 Å². The van der Waals surface area contributed by atoms with Gasteiger partial charge in [0.15, 0.2) is 9.84 Å². The van der Waals surface area contributed by atoms with Crippen molar-refractivity contribution in [2.75, 3.05) is 7.11 Å². The fraction of sp³-hybridized carbons (Fsp3) is 0.133. The van der Waals surface area contributed by atoms with Crippen LogP contribution in [0.3, 0.4) is 0 Å². The lowest BCUT2D eigenvalue weighted by Crippen LogP contribution is -2.06. The number of rotatable bonds is 4. The van der Waals surface area contributed by atoms with E-state index in [-0.39, 0.29) is 21.8 Å².